The van der Waals surface area contributed by atoms with Gasteiger partial charge in [-0.05, 0) is 30.7 Å². The number of carbonyl (C=O) groups is 1. The minimum absolute atomic E-state index is 0.138. The van der Waals surface area contributed by atoms with E-state index in [4.69, 9.17) is 4.18 Å². The molecule has 24 heavy (non-hydrogen) atoms. The lowest BCUT2D eigenvalue weighted by molar-refractivity contribution is -0.114. The van der Waals surface area contributed by atoms with Crippen molar-refractivity contribution < 1.29 is 17.4 Å². The predicted molar refractivity (Wildman–Crippen MR) is 89.7 cm³/mol. The number of pyridine rings is 2. The summed E-state index contributed by atoms with van der Waals surface area (Å²) < 4.78 is 29.9. The van der Waals surface area contributed by atoms with E-state index >= 15 is 0 Å². The van der Waals surface area contributed by atoms with Crippen molar-refractivity contribution in [2.24, 2.45) is 0 Å². The number of anilines is 1. The zero-order chi connectivity index (χ0) is 17.9. The molecule has 0 aliphatic heterocycles. The average Bonchev–Trinajstić information content (AvgIpc) is 2.48. The van der Waals surface area contributed by atoms with Crippen LogP contribution in [0.2, 0.25) is 0 Å². The Morgan fingerprint density at radius 1 is 1.21 bits per heavy atom. The van der Waals surface area contributed by atoms with E-state index in [0.29, 0.717) is 22.6 Å². The van der Waals surface area contributed by atoms with E-state index in [1.807, 2.05) is 0 Å². The highest BCUT2D eigenvalue weighted by atomic mass is 32.2. The molecule has 0 aromatic carbocycles. The summed E-state index contributed by atoms with van der Waals surface area (Å²) in [5, 5.41) is 2.59. The monoisotopic (exact) mass is 350 g/mol. The molecule has 2 aromatic rings. The Kier molecular flexibility index (Phi) is 5.15. The van der Waals surface area contributed by atoms with Gasteiger partial charge in [-0.2, -0.15) is 12.7 Å². The number of nitrogens with zero attached hydrogens (tertiary/aromatic N) is 3. The summed E-state index contributed by atoms with van der Waals surface area (Å²) in [4.78, 5) is 19.3. The maximum atomic E-state index is 11.9. The van der Waals surface area contributed by atoms with E-state index in [0.717, 1.165) is 4.31 Å². The highest BCUT2D eigenvalue weighted by molar-refractivity contribution is 7.84. The number of aromatic nitrogens is 2. The van der Waals surface area contributed by atoms with E-state index in [2.05, 4.69) is 15.3 Å². The van der Waals surface area contributed by atoms with Crippen LogP contribution in [0.1, 0.15) is 12.6 Å². The van der Waals surface area contributed by atoms with Crippen molar-refractivity contribution in [3.63, 3.8) is 0 Å². The summed E-state index contributed by atoms with van der Waals surface area (Å²) in [7, 11) is -1.11. The van der Waals surface area contributed by atoms with Crippen LogP contribution in [0.25, 0.3) is 11.1 Å². The third kappa shape index (κ3) is 4.27. The van der Waals surface area contributed by atoms with Crippen LogP contribution in [0, 0.1) is 6.92 Å². The van der Waals surface area contributed by atoms with Crippen molar-refractivity contribution in [3.8, 4) is 16.9 Å². The maximum absolute atomic E-state index is 11.9. The number of carbonyl (C=O) groups excluding carboxylic acids is 1. The van der Waals surface area contributed by atoms with Gasteiger partial charge in [0.25, 0.3) is 0 Å². The van der Waals surface area contributed by atoms with Crippen LogP contribution in [-0.2, 0) is 15.1 Å². The third-order valence-corrected chi connectivity index (χ3v) is 4.36. The van der Waals surface area contributed by atoms with Gasteiger partial charge in [-0.25, -0.2) is 4.98 Å². The smallest absolute Gasteiger partial charge is 0.369 e. The Morgan fingerprint density at radius 3 is 2.54 bits per heavy atom. The molecule has 0 aliphatic carbocycles. The molecule has 2 rings (SSSR count). The number of amides is 1. The van der Waals surface area contributed by atoms with Gasteiger partial charge in [-0.1, -0.05) is 0 Å². The van der Waals surface area contributed by atoms with Gasteiger partial charge in [0.2, 0.25) is 5.91 Å². The molecule has 128 valence electrons. The van der Waals surface area contributed by atoms with E-state index in [9.17, 15) is 13.2 Å². The molecular weight excluding hydrogens is 332 g/mol. The molecule has 0 radical (unpaired) electrons. The number of aryl methyl sites for hydroxylation is 1. The first kappa shape index (κ1) is 17.8. The summed E-state index contributed by atoms with van der Waals surface area (Å²) in [6, 6.07) is 4.97. The van der Waals surface area contributed by atoms with Crippen LogP contribution in [-0.4, -0.2) is 42.7 Å². The number of hydrogen-bond donors (Lipinski definition) is 1. The molecule has 0 saturated carbocycles. The number of rotatable bonds is 5. The van der Waals surface area contributed by atoms with E-state index in [1.54, 1.807) is 31.3 Å². The van der Waals surface area contributed by atoms with Crippen LogP contribution >= 0.6 is 0 Å². The summed E-state index contributed by atoms with van der Waals surface area (Å²) in [6.45, 7) is 3.04. The lowest BCUT2D eigenvalue weighted by Gasteiger charge is -2.14. The molecular formula is C15H18N4O4S. The summed E-state index contributed by atoms with van der Waals surface area (Å²) in [5.41, 5.74) is 1.80. The molecule has 0 aliphatic rings. The number of nitrogens with one attached hydrogen (secondary N) is 1. The standard InChI is InChI=1S/C15H18N4O4S/c1-10-14(23-24(21,22)19(3)4)7-13(9-17-10)12-5-6-16-15(8-12)18-11(2)20/h5-9H,1-4H3,(H,16,18,20). The summed E-state index contributed by atoms with van der Waals surface area (Å²) in [6.07, 6.45) is 3.13. The largest absolute Gasteiger partial charge is 0.384 e. The summed E-state index contributed by atoms with van der Waals surface area (Å²) in [5.74, 6) is 0.297. The minimum Gasteiger partial charge on any atom is -0.369 e. The van der Waals surface area contributed by atoms with Crippen LogP contribution in [0.15, 0.2) is 30.6 Å². The van der Waals surface area contributed by atoms with Crippen LogP contribution in [0.4, 0.5) is 5.82 Å². The van der Waals surface area contributed by atoms with Gasteiger partial charge in [0, 0.05) is 39.0 Å². The quantitative estimate of drug-likeness (QED) is 0.879. The van der Waals surface area contributed by atoms with Gasteiger partial charge in [-0.15, -0.1) is 0 Å². The SMILES string of the molecule is CC(=O)Nc1cc(-c2cnc(C)c(OS(=O)(=O)N(C)C)c2)ccn1. The van der Waals surface area contributed by atoms with Crippen molar-refractivity contribution in [2.75, 3.05) is 19.4 Å². The molecule has 0 bridgehead atoms. The lowest BCUT2D eigenvalue weighted by atomic mass is 10.1. The predicted octanol–water partition coefficient (Wildman–Crippen LogP) is 1.60. The average molecular weight is 350 g/mol. The first-order valence-corrected chi connectivity index (χ1v) is 8.38. The molecule has 0 atom stereocenters. The maximum Gasteiger partial charge on any atom is 0.384 e. The topological polar surface area (TPSA) is 101 Å². The Hall–Kier alpha value is -2.52. The zero-order valence-electron chi connectivity index (χ0n) is 13.8. The Bertz CT molecular complexity index is 866. The molecule has 1 N–H and O–H groups in total. The molecule has 0 spiro atoms. The molecule has 1 amide bonds. The van der Waals surface area contributed by atoms with Crippen LogP contribution in [0.5, 0.6) is 5.75 Å². The van der Waals surface area contributed by atoms with Gasteiger partial charge in [-0.3, -0.25) is 9.78 Å². The van der Waals surface area contributed by atoms with Crippen LogP contribution < -0.4 is 9.50 Å². The molecule has 2 aromatic heterocycles. The van der Waals surface area contributed by atoms with Crippen molar-refractivity contribution in [2.45, 2.75) is 13.8 Å². The molecule has 0 fully saturated rings. The van der Waals surface area contributed by atoms with E-state index in [-0.39, 0.29) is 11.7 Å². The highest BCUT2D eigenvalue weighted by Gasteiger charge is 2.18. The highest BCUT2D eigenvalue weighted by Crippen LogP contribution is 2.27. The van der Waals surface area contributed by atoms with Gasteiger partial charge in [0.05, 0.1) is 5.69 Å². The van der Waals surface area contributed by atoms with E-state index in [1.165, 1.54) is 27.2 Å². The second-order valence-electron chi connectivity index (χ2n) is 5.24. The second-order valence-corrected chi connectivity index (χ2v) is 6.99. The zero-order valence-corrected chi connectivity index (χ0v) is 14.6. The van der Waals surface area contributed by atoms with E-state index < -0.39 is 10.3 Å². The fourth-order valence-electron chi connectivity index (χ4n) is 1.80. The van der Waals surface area contributed by atoms with Crippen molar-refractivity contribution >= 4 is 22.0 Å². The Labute approximate surface area is 140 Å². The molecule has 0 saturated heterocycles. The minimum atomic E-state index is -3.87. The normalized spacial score (nSPS) is 11.4. The van der Waals surface area contributed by atoms with Gasteiger partial charge in [0.15, 0.2) is 5.75 Å². The molecule has 9 heteroatoms. The van der Waals surface area contributed by atoms with Gasteiger partial charge >= 0.3 is 10.3 Å². The Morgan fingerprint density at radius 2 is 1.92 bits per heavy atom. The third-order valence-electron chi connectivity index (χ3n) is 3.08. The van der Waals surface area contributed by atoms with Crippen molar-refractivity contribution in [3.05, 3.63) is 36.3 Å². The fourth-order valence-corrected chi connectivity index (χ4v) is 2.35. The van der Waals surface area contributed by atoms with Crippen molar-refractivity contribution in [1.82, 2.24) is 14.3 Å². The van der Waals surface area contributed by atoms with Gasteiger partial charge < -0.3 is 9.50 Å². The fraction of sp³-hybridized carbons (Fsp3) is 0.267. The first-order valence-electron chi connectivity index (χ1n) is 7.01. The first-order chi connectivity index (χ1) is 11.2. The molecule has 0 unspecified atom stereocenters. The molecule has 8 nitrogen and oxygen atoms in total. The van der Waals surface area contributed by atoms with Crippen LogP contribution in [0.3, 0.4) is 0 Å². The summed E-state index contributed by atoms with van der Waals surface area (Å²) >= 11 is 0. The number of hydrogen-bond acceptors (Lipinski definition) is 6. The van der Waals surface area contributed by atoms with Crippen molar-refractivity contribution in [1.29, 1.82) is 0 Å². The van der Waals surface area contributed by atoms with Gasteiger partial charge in [0.1, 0.15) is 5.82 Å². The second kappa shape index (κ2) is 6.93. The Balaban J connectivity index is 2.39. The molecule has 2 heterocycles. The lowest BCUT2D eigenvalue weighted by Crippen LogP contribution is -2.27.